The summed E-state index contributed by atoms with van der Waals surface area (Å²) in [7, 11) is 0. The summed E-state index contributed by atoms with van der Waals surface area (Å²) in [6.45, 7) is 3.93. The Morgan fingerprint density at radius 2 is 2.05 bits per heavy atom. The summed E-state index contributed by atoms with van der Waals surface area (Å²) in [5, 5.41) is 12.7. The lowest BCUT2D eigenvalue weighted by Crippen LogP contribution is -2.33. The van der Waals surface area contributed by atoms with Crippen molar-refractivity contribution in [3.8, 4) is 0 Å². The van der Waals surface area contributed by atoms with Gasteiger partial charge in [-0.2, -0.15) is 0 Å². The van der Waals surface area contributed by atoms with Crippen LogP contribution in [0.25, 0.3) is 10.9 Å². The molecular formula is C17H20N2O3. The molecule has 1 amide bonds. The number of carbonyl (C=O) groups excluding carboxylic acids is 1. The molecule has 0 radical (unpaired) electrons. The van der Waals surface area contributed by atoms with Crippen molar-refractivity contribution in [2.24, 2.45) is 5.92 Å². The summed E-state index contributed by atoms with van der Waals surface area (Å²) in [6, 6.07) is 9.22. The highest BCUT2D eigenvalue weighted by atomic mass is 16.4. The minimum absolute atomic E-state index is 0.129. The zero-order valence-corrected chi connectivity index (χ0v) is 12.8. The maximum atomic E-state index is 12.4. The van der Waals surface area contributed by atoms with Crippen LogP contribution in [0, 0.1) is 12.8 Å². The molecule has 5 nitrogen and oxygen atoms in total. The molecule has 0 saturated carbocycles. The first-order chi connectivity index (χ1) is 10.5. The van der Waals surface area contributed by atoms with E-state index in [-0.39, 0.29) is 12.5 Å². The number of fused-ring (bicyclic) bond motifs is 1. The van der Waals surface area contributed by atoms with Crippen molar-refractivity contribution in [3.63, 3.8) is 0 Å². The van der Waals surface area contributed by atoms with Crippen molar-refractivity contribution < 1.29 is 14.7 Å². The summed E-state index contributed by atoms with van der Waals surface area (Å²) in [5.41, 5.74) is 1.95. The Hall–Kier alpha value is -2.43. The van der Waals surface area contributed by atoms with Gasteiger partial charge in [-0.1, -0.05) is 31.5 Å². The number of rotatable bonds is 6. The smallest absolute Gasteiger partial charge is 0.308 e. The second-order valence-corrected chi connectivity index (χ2v) is 5.36. The van der Waals surface area contributed by atoms with Gasteiger partial charge in [-0.05, 0) is 25.5 Å². The second kappa shape index (κ2) is 7.02. The molecule has 0 bridgehead atoms. The number of nitrogens with zero attached hydrogens (tertiary/aromatic N) is 1. The summed E-state index contributed by atoms with van der Waals surface area (Å²) < 4.78 is 0. The molecule has 0 aliphatic heterocycles. The number of carboxylic acid groups (broad SMARTS) is 1. The fourth-order valence-corrected chi connectivity index (χ4v) is 2.40. The predicted molar refractivity (Wildman–Crippen MR) is 84.8 cm³/mol. The molecule has 0 saturated heterocycles. The summed E-state index contributed by atoms with van der Waals surface area (Å²) in [5.74, 6) is -1.72. The van der Waals surface area contributed by atoms with Crippen LogP contribution in [0.3, 0.4) is 0 Å². The Morgan fingerprint density at radius 1 is 1.27 bits per heavy atom. The molecule has 2 rings (SSSR count). The van der Waals surface area contributed by atoms with E-state index in [1.54, 1.807) is 12.1 Å². The zero-order valence-electron chi connectivity index (χ0n) is 12.8. The van der Waals surface area contributed by atoms with Gasteiger partial charge in [0.1, 0.15) is 0 Å². The van der Waals surface area contributed by atoms with E-state index >= 15 is 0 Å². The van der Waals surface area contributed by atoms with Crippen LogP contribution in [-0.2, 0) is 4.79 Å². The van der Waals surface area contributed by atoms with Gasteiger partial charge in [0.25, 0.3) is 5.91 Å². The van der Waals surface area contributed by atoms with Gasteiger partial charge in [-0.25, -0.2) is 0 Å². The molecule has 5 heteroatoms. The van der Waals surface area contributed by atoms with Crippen molar-refractivity contribution in [2.45, 2.75) is 26.7 Å². The van der Waals surface area contributed by atoms with Crippen molar-refractivity contribution in [2.75, 3.05) is 6.54 Å². The molecule has 22 heavy (non-hydrogen) atoms. The molecule has 0 aliphatic rings. The quantitative estimate of drug-likeness (QED) is 0.859. The number of amides is 1. The maximum absolute atomic E-state index is 12.4. The molecule has 2 aromatic rings. The third kappa shape index (κ3) is 3.61. The van der Waals surface area contributed by atoms with E-state index in [1.807, 2.05) is 32.0 Å². The summed E-state index contributed by atoms with van der Waals surface area (Å²) in [6.07, 6.45) is 1.31. The average molecular weight is 300 g/mol. The standard InChI is InChI=1S/C17H20N2O3/c1-3-5-13(17(21)22)10-18-16(20)14-7-4-6-12-9-8-11(2)19-15(12)14/h4,6-9,13H,3,5,10H2,1-2H3,(H,18,20)(H,21,22). The maximum Gasteiger partial charge on any atom is 0.308 e. The van der Waals surface area contributed by atoms with E-state index in [0.717, 1.165) is 17.5 Å². The van der Waals surface area contributed by atoms with E-state index in [0.29, 0.717) is 17.5 Å². The molecule has 1 atom stereocenters. The van der Waals surface area contributed by atoms with E-state index in [9.17, 15) is 9.59 Å². The fourth-order valence-electron chi connectivity index (χ4n) is 2.40. The SMILES string of the molecule is CCCC(CNC(=O)c1cccc2ccc(C)nc12)C(=O)O. The lowest BCUT2D eigenvalue weighted by atomic mass is 10.0. The molecule has 2 N–H and O–H groups in total. The predicted octanol–water partition coefficient (Wildman–Crippen LogP) is 2.77. The number of para-hydroxylation sites is 1. The third-order valence-corrected chi connectivity index (χ3v) is 3.60. The van der Waals surface area contributed by atoms with Gasteiger partial charge >= 0.3 is 5.97 Å². The molecule has 1 aromatic carbocycles. The lowest BCUT2D eigenvalue weighted by molar-refractivity contribution is -0.141. The van der Waals surface area contributed by atoms with Crippen molar-refractivity contribution in [3.05, 3.63) is 41.6 Å². The van der Waals surface area contributed by atoms with Gasteiger partial charge in [0, 0.05) is 17.6 Å². The molecule has 0 fully saturated rings. The van der Waals surface area contributed by atoms with Crippen LogP contribution < -0.4 is 5.32 Å². The molecule has 1 aromatic heterocycles. The number of aliphatic carboxylic acids is 1. The Labute approximate surface area is 129 Å². The Morgan fingerprint density at radius 3 is 2.73 bits per heavy atom. The molecule has 1 unspecified atom stereocenters. The second-order valence-electron chi connectivity index (χ2n) is 5.36. The van der Waals surface area contributed by atoms with Gasteiger partial charge in [0.15, 0.2) is 0 Å². The molecule has 0 aliphatic carbocycles. The fraction of sp³-hybridized carbons (Fsp3) is 0.353. The first-order valence-corrected chi connectivity index (χ1v) is 7.40. The molecular weight excluding hydrogens is 280 g/mol. The largest absolute Gasteiger partial charge is 0.481 e. The summed E-state index contributed by atoms with van der Waals surface area (Å²) >= 11 is 0. The van der Waals surface area contributed by atoms with E-state index in [4.69, 9.17) is 5.11 Å². The van der Waals surface area contributed by atoms with E-state index in [2.05, 4.69) is 10.3 Å². The minimum atomic E-state index is -0.881. The Kier molecular flexibility index (Phi) is 5.09. The lowest BCUT2D eigenvalue weighted by Gasteiger charge is -2.13. The summed E-state index contributed by atoms with van der Waals surface area (Å²) in [4.78, 5) is 27.9. The average Bonchev–Trinajstić information content (AvgIpc) is 2.50. The number of hydrogen-bond acceptors (Lipinski definition) is 3. The number of pyridine rings is 1. The number of benzene rings is 1. The van der Waals surface area contributed by atoms with Crippen LogP contribution in [0.1, 0.15) is 35.8 Å². The van der Waals surface area contributed by atoms with Crippen molar-refractivity contribution >= 4 is 22.8 Å². The highest BCUT2D eigenvalue weighted by molar-refractivity contribution is 6.05. The number of carboxylic acids is 1. The number of aryl methyl sites for hydroxylation is 1. The Balaban J connectivity index is 2.19. The van der Waals surface area contributed by atoms with E-state index < -0.39 is 11.9 Å². The van der Waals surface area contributed by atoms with Crippen molar-refractivity contribution in [1.29, 1.82) is 0 Å². The topological polar surface area (TPSA) is 79.3 Å². The van der Waals surface area contributed by atoms with Crippen LogP contribution in [0.4, 0.5) is 0 Å². The van der Waals surface area contributed by atoms with Gasteiger partial charge in [-0.15, -0.1) is 0 Å². The van der Waals surface area contributed by atoms with Gasteiger partial charge < -0.3 is 10.4 Å². The van der Waals surface area contributed by atoms with Crippen molar-refractivity contribution in [1.82, 2.24) is 10.3 Å². The van der Waals surface area contributed by atoms with Crippen LogP contribution >= 0.6 is 0 Å². The first kappa shape index (κ1) is 15.9. The van der Waals surface area contributed by atoms with Gasteiger partial charge in [-0.3, -0.25) is 14.6 Å². The first-order valence-electron chi connectivity index (χ1n) is 7.40. The van der Waals surface area contributed by atoms with Crippen LogP contribution in [0.2, 0.25) is 0 Å². The van der Waals surface area contributed by atoms with Gasteiger partial charge in [0.2, 0.25) is 0 Å². The highest BCUT2D eigenvalue weighted by Crippen LogP contribution is 2.17. The number of carbonyl (C=O) groups is 2. The Bertz CT molecular complexity index is 697. The van der Waals surface area contributed by atoms with Gasteiger partial charge in [0.05, 0.1) is 17.0 Å². The normalized spacial score (nSPS) is 12.1. The van der Waals surface area contributed by atoms with Crippen LogP contribution in [0.15, 0.2) is 30.3 Å². The van der Waals surface area contributed by atoms with E-state index in [1.165, 1.54) is 0 Å². The molecule has 0 spiro atoms. The number of hydrogen-bond donors (Lipinski definition) is 2. The number of nitrogens with one attached hydrogen (secondary N) is 1. The highest BCUT2D eigenvalue weighted by Gasteiger charge is 2.18. The minimum Gasteiger partial charge on any atom is -0.481 e. The zero-order chi connectivity index (χ0) is 16.1. The third-order valence-electron chi connectivity index (χ3n) is 3.60. The molecule has 1 heterocycles. The van der Waals surface area contributed by atoms with Crippen LogP contribution in [-0.4, -0.2) is 28.5 Å². The van der Waals surface area contributed by atoms with Crippen LogP contribution in [0.5, 0.6) is 0 Å². The number of aromatic nitrogens is 1. The monoisotopic (exact) mass is 300 g/mol. The molecule has 116 valence electrons.